The first-order valence-corrected chi connectivity index (χ1v) is 7.78. The zero-order chi connectivity index (χ0) is 14.5. The van der Waals surface area contributed by atoms with Gasteiger partial charge in [0.2, 0.25) is 0 Å². The summed E-state index contributed by atoms with van der Waals surface area (Å²) in [6, 6.07) is 6.24. The molecule has 0 fully saturated rings. The molecule has 0 saturated heterocycles. The summed E-state index contributed by atoms with van der Waals surface area (Å²) in [6.07, 6.45) is 3.17. The molecule has 0 amide bonds. The Morgan fingerprint density at radius 1 is 1.16 bits per heavy atom. The Kier molecular flexibility index (Phi) is 6.65. The zero-order valence-corrected chi connectivity index (χ0v) is 13.9. The maximum atomic E-state index is 6.20. The van der Waals surface area contributed by atoms with E-state index in [2.05, 4.69) is 33.0 Å². The van der Waals surface area contributed by atoms with Gasteiger partial charge >= 0.3 is 0 Å². The topological polar surface area (TPSA) is 12.0 Å². The molecular formula is C16H25Cl2N. The van der Waals surface area contributed by atoms with Gasteiger partial charge in [-0.1, -0.05) is 57.0 Å². The van der Waals surface area contributed by atoms with E-state index >= 15 is 0 Å². The molecule has 3 heteroatoms. The lowest BCUT2D eigenvalue weighted by Crippen LogP contribution is -2.40. The van der Waals surface area contributed by atoms with Crippen LogP contribution in [0, 0.1) is 5.41 Å². The van der Waals surface area contributed by atoms with Crippen LogP contribution >= 0.6 is 23.2 Å². The van der Waals surface area contributed by atoms with Crippen molar-refractivity contribution in [2.24, 2.45) is 5.41 Å². The molecule has 1 aromatic rings. The van der Waals surface area contributed by atoms with Crippen molar-refractivity contribution in [1.82, 2.24) is 5.32 Å². The summed E-state index contributed by atoms with van der Waals surface area (Å²) in [5.41, 5.74) is 1.36. The molecule has 0 aromatic heterocycles. The minimum absolute atomic E-state index is 0.278. The van der Waals surface area contributed by atoms with E-state index in [0.29, 0.717) is 6.04 Å². The van der Waals surface area contributed by atoms with Gasteiger partial charge in [-0.2, -0.15) is 0 Å². The van der Waals surface area contributed by atoms with Crippen molar-refractivity contribution >= 4 is 23.2 Å². The van der Waals surface area contributed by atoms with E-state index in [1.54, 1.807) is 0 Å². The Morgan fingerprint density at radius 3 is 2.21 bits per heavy atom. The van der Waals surface area contributed by atoms with Gasteiger partial charge in [0.25, 0.3) is 0 Å². The van der Waals surface area contributed by atoms with Crippen LogP contribution in [0.1, 0.15) is 46.1 Å². The van der Waals surface area contributed by atoms with E-state index in [0.717, 1.165) is 41.4 Å². The minimum Gasteiger partial charge on any atom is -0.314 e. The van der Waals surface area contributed by atoms with Gasteiger partial charge < -0.3 is 5.32 Å². The predicted octanol–water partition coefficient (Wildman–Crippen LogP) is 5.34. The summed E-state index contributed by atoms with van der Waals surface area (Å²) >= 11 is 12.4. The summed E-state index contributed by atoms with van der Waals surface area (Å²) in [7, 11) is 0. The summed E-state index contributed by atoms with van der Waals surface area (Å²) < 4.78 is 0. The summed E-state index contributed by atoms with van der Waals surface area (Å²) in [5.74, 6) is 0. The molecule has 0 aliphatic carbocycles. The number of benzene rings is 1. The molecular weight excluding hydrogens is 277 g/mol. The lowest BCUT2D eigenvalue weighted by atomic mass is 9.83. The van der Waals surface area contributed by atoms with Crippen LogP contribution in [-0.2, 0) is 6.42 Å². The molecule has 1 N–H and O–H groups in total. The van der Waals surface area contributed by atoms with Crippen LogP contribution in [-0.4, -0.2) is 12.6 Å². The van der Waals surface area contributed by atoms with Crippen molar-refractivity contribution in [3.63, 3.8) is 0 Å². The standard InChI is InChI=1S/C16H25Cl2N/c1-5-19-15(16(2,3)4)11-6-8-12-13(17)9-7-10-14(12)18/h7,9-10,15,19H,5-6,8,11H2,1-4H3. The molecule has 1 nitrogen and oxygen atoms in total. The predicted molar refractivity (Wildman–Crippen MR) is 86.3 cm³/mol. The molecule has 0 bridgehead atoms. The van der Waals surface area contributed by atoms with E-state index in [9.17, 15) is 0 Å². The van der Waals surface area contributed by atoms with Gasteiger partial charge in [0.1, 0.15) is 0 Å². The fraction of sp³-hybridized carbons (Fsp3) is 0.625. The number of rotatable bonds is 6. The minimum atomic E-state index is 0.278. The van der Waals surface area contributed by atoms with Gasteiger partial charge in [0, 0.05) is 16.1 Å². The molecule has 0 aliphatic rings. The Hall–Kier alpha value is -0.240. The van der Waals surface area contributed by atoms with Crippen molar-refractivity contribution < 1.29 is 0 Å². The highest BCUT2D eigenvalue weighted by atomic mass is 35.5. The Labute approximate surface area is 127 Å². The number of hydrogen-bond donors (Lipinski definition) is 1. The highest BCUT2D eigenvalue weighted by Crippen LogP contribution is 2.28. The normalized spacial score (nSPS) is 13.6. The van der Waals surface area contributed by atoms with Gasteiger partial charge in [0.05, 0.1) is 0 Å². The van der Waals surface area contributed by atoms with Crippen molar-refractivity contribution in [3.05, 3.63) is 33.8 Å². The molecule has 0 radical (unpaired) electrons. The highest BCUT2D eigenvalue weighted by Gasteiger charge is 2.23. The van der Waals surface area contributed by atoms with E-state index in [-0.39, 0.29) is 5.41 Å². The second-order valence-electron chi connectivity index (χ2n) is 6.07. The molecule has 108 valence electrons. The van der Waals surface area contributed by atoms with E-state index in [4.69, 9.17) is 23.2 Å². The van der Waals surface area contributed by atoms with Gasteiger partial charge in [-0.25, -0.2) is 0 Å². The first kappa shape index (κ1) is 16.8. The molecule has 1 unspecified atom stereocenters. The van der Waals surface area contributed by atoms with Crippen molar-refractivity contribution in [2.75, 3.05) is 6.54 Å². The van der Waals surface area contributed by atoms with E-state index in [1.165, 1.54) is 0 Å². The molecule has 1 rings (SSSR count). The molecule has 1 atom stereocenters. The maximum Gasteiger partial charge on any atom is 0.0452 e. The first-order chi connectivity index (χ1) is 8.86. The van der Waals surface area contributed by atoms with Crippen molar-refractivity contribution in [2.45, 2.75) is 53.0 Å². The number of nitrogens with one attached hydrogen (secondary N) is 1. The third-order valence-electron chi connectivity index (χ3n) is 3.48. The summed E-state index contributed by atoms with van der Waals surface area (Å²) in [5, 5.41) is 5.13. The van der Waals surface area contributed by atoms with Crippen LogP contribution in [0.4, 0.5) is 0 Å². The third kappa shape index (κ3) is 5.33. The largest absolute Gasteiger partial charge is 0.314 e. The van der Waals surface area contributed by atoms with Gasteiger partial charge in [-0.05, 0) is 48.9 Å². The molecule has 0 spiro atoms. The van der Waals surface area contributed by atoms with Crippen LogP contribution in [0.3, 0.4) is 0 Å². The smallest absolute Gasteiger partial charge is 0.0452 e. The van der Waals surface area contributed by atoms with Crippen molar-refractivity contribution in [1.29, 1.82) is 0 Å². The molecule has 1 aromatic carbocycles. The SMILES string of the molecule is CCNC(CCCc1c(Cl)cccc1Cl)C(C)(C)C. The third-order valence-corrected chi connectivity index (χ3v) is 4.19. The first-order valence-electron chi connectivity index (χ1n) is 7.02. The van der Waals surface area contributed by atoms with Crippen molar-refractivity contribution in [3.8, 4) is 0 Å². The monoisotopic (exact) mass is 301 g/mol. The van der Waals surface area contributed by atoms with Gasteiger partial charge in [-0.15, -0.1) is 0 Å². The van der Waals surface area contributed by atoms with Gasteiger partial charge in [-0.3, -0.25) is 0 Å². The molecule has 0 aliphatic heterocycles. The van der Waals surface area contributed by atoms with Gasteiger partial charge in [0.15, 0.2) is 0 Å². The number of hydrogen-bond acceptors (Lipinski definition) is 1. The van der Waals surface area contributed by atoms with E-state index < -0.39 is 0 Å². The molecule has 0 heterocycles. The number of halogens is 2. The lowest BCUT2D eigenvalue weighted by Gasteiger charge is -2.31. The Morgan fingerprint density at radius 2 is 1.74 bits per heavy atom. The molecule has 19 heavy (non-hydrogen) atoms. The van der Waals surface area contributed by atoms with Crippen LogP contribution in [0.5, 0.6) is 0 Å². The average Bonchev–Trinajstić information content (AvgIpc) is 2.30. The van der Waals surface area contributed by atoms with Crippen LogP contribution < -0.4 is 5.32 Å². The Balaban J connectivity index is 2.57. The quantitative estimate of drug-likeness (QED) is 0.748. The van der Waals surface area contributed by atoms with Crippen LogP contribution in [0.2, 0.25) is 10.0 Å². The second kappa shape index (κ2) is 7.52. The lowest BCUT2D eigenvalue weighted by molar-refractivity contribution is 0.254. The Bertz CT molecular complexity index is 376. The fourth-order valence-corrected chi connectivity index (χ4v) is 2.93. The van der Waals surface area contributed by atoms with E-state index in [1.807, 2.05) is 18.2 Å². The van der Waals surface area contributed by atoms with Crippen LogP contribution in [0.15, 0.2) is 18.2 Å². The zero-order valence-electron chi connectivity index (χ0n) is 12.4. The summed E-state index contributed by atoms with van der Waals surface area (Å²) in [4.78, 5) is 0. The second-order valence-corrected chi connectivity index (χ2v) is 6.88. The fourth-order valence-electron chi connectivity index (χ4n) is 2.34. The highest BCUT2D eigenvalue weighted by molar-refractivity contribution is 6.35. The average molecular weight is 302 g/mol. The van der Waals surface area contributed by atoms with Crippen LogP contribution in [0.25, 0.3) is 0 Å². The summed E-state index contributed by atoms with van der Waals surface area (Å²) in [6.45, 7) is 10.0. The maximum absolute atomic E-state index is 6.20. The molecule has 0 saturated carbocycles.